The van der Waals surface area contributed by atoms with Crippen molar-refractivity contribution in [3.05, 3.63) is 70.8 Å². The van der Waals surface area contributed by atoms with Crippen LogP contribution in [0.15, 0.2) is 48.5 Å². The highest BCUT2D eigenvalue weighted by Gasteiger charge is 2.55. The molecule has 24 heavy (non-hydrogen) atoms. The summed E-state index contributed by atoms with van der Waals surface area (Å²) in [6.45, 7) is 2.71. The molecule has 0 radical (unpaired) electrons. The number of carbonyl (C=O) groups excluding carboxylic acids is 1. The van der Waals surface area contributed by atoms with Crippen molar-refractivity contribution in [2.45, 2.75) is 25.6 Å². The zero-order valence-corrected chi connectivity index (χ0v) is 13.3. The van der Waals surface area contributed by atoms with Crippen LogP contribution in [0.25, 0.3) is 0 Å². The van der Waals surface area contributed by atoms with Gasteiger partial charge in [-0.2, -0.15) is 13.2 Å². The SMILES string of the molecule is Cc1ccc(C(=O)NCC(O)(c2ccccc2)C(F)(F)F)cc1C. The maximum absolute atomic E-state index is 13.4. The molecular formula is C18H18F3NO2. The second-order valence-corrected chi connectivity index (χ2v) is 5.71. The van der Waals surface area contributed by atoms with Gasteiger partial charge in [0.2, 0.25) is 5.60 Å². The molecule has 0 heterocycles. The van der Waals surface area contributed by atoms with Crippen LogP contribution in [0.4, 0.5) is 13.2 Å². The number of nitrogens with one attached hydrogen (secondary N) is 1. The molecule has 0 saturated carbocycles. The van der Waals surface area contributed by atoms with Gasteiger partial charge in [-0.3, -0.25) is 4.79 Å². The van der Waals surface area contributed by atoms with Crippen LogP contribution in [0, 0.1) is 13.8 Å². The fraction of sp³-hybridized carbons (Fsp3) is 0.278. The third kappa shape index (κ3) is 3.59. The van der Waals surface area contributed by atoms with Crippen LogP contribution in [-0.4, -0.2) is 23.7 Å². The average molecular weight is 337 g/mol. The summed E-state index contributed by atoms with van der Waals surface area (Å²) < 4.78 is 40.1. The van der Waals surface area contributed by atoms with Crippen molar-refractivity contribution in [3.8, 4) is 0 Å². The number of aliphatic hydroxyl groups is 1. The second kappa shape index (κ2) is 6.65. The molecule has 2 N–H and O–H groups in total. The molecule has 0 spiro atoms. The van der Waals surface area contributed by atoms with Gasteiger partial charge in [0.25, 0.3) is 5.91 Å². The summed E-state index contributed by atoms with van der Waals surface area (Å²) in [5.74, 6) is -0.670. The quantitative estimate of drug-likeness (QED) is 0.897. The zero-order chi connectivity index (χ0) is 18.0. The Bertz CT molecular complexity index is 729. The normalized spacial score (nSPS) is 14.1. The van der Waals surface area contributed by atoms with E-state index in [0.29, 0.717) is 0 Å². The number of carbonyl (C=O) groups is 1. The number of aryl methyl sites for hydroxylation is 2. The van der Waals surface area contributed by atoms with E-state index in [-0.39, 0.29) is 11.1 Å². The summed E-state index contributed by atoms with van der Waals surface area (Å²) in [6.07, 6.45) is -4.93. The number of benzene rings is 2. The Labute approximate surface area is 138 Å². The van der Waals surface area contributed by atoms with Crippen LogP contribution in [0.3, 0.4) is 0 Å². The van der Waals surface area contributed by atoms with Gasteiger partial charge >= 0.3 is 6.18 Å². The number of hydrogen-bond donors (Lipinski definition) is 2. The standard InChI is InChI=1S/C18H18F3NO2/c1-12-8-9-14(10-13(12)2)16(23)22-11-17(24,18(19,20)21)15-6-4-3-5-7-15/h3-10,24H,11H2,1-2H3,(H,22,23). The van der Waals surface area contributed by atoms with Crippen LogP contribution in [-0.2, 0) is 5.60 Å². The number of rotatable bonds is 4. The first-order chi connectivity index (χ1) is 11.1. The van der Waals surface area contributed by atoms with Crippen LogP contribution in [0.1, 0.15) is 27.0 Å². The summed E-state index contributed by atoms with van der Waals surface area (Å²) in [4.78, 5) is 12.1. The molecule has 1 amide bonds. The Kier molecular flexibility index (Phi) is 4.99. The van der Waals surface area contributed by atoms with E-state index in [4.69, 9.17) is 0 Å². The molecule has 0 aliphatic heterocycles. The van der Waals surface area contributed by atoms with E-state index in [1.807, 2.05) is 13.8 Å². The summed E-state index contributed by atoms with van der Waals surface area (Å²) >= 11 is 0. The van der Waals surface area contributed by atoms with E-state index >= 15 is 0 Å². The minimum Gasteiger partial charge on any atom is -0.375 e. The fourth-order valence-electron chi connectivity index (χ4n) is 2.27. The molecule has 0 saturated heterocycles. The first kappa shape index (κ1) is 18.0. The lowest BCUT2D eigenvalue weighted by Gasteiger charge is -2.31. The lowest BCUT2D eigenvalue weighted by atomic mass is 9.93. The molecule has 2 rings (SSSR count). The van der Waals surface area contributed by atoms with Crippen molar-refractivity contribution in [1.29, 1.82) is 0 Å². The van der Waals surface area contributed by atoms with E-state index < -0.39 is 24.2 Å². The first-order valence-corrected chi connectivity index (χ1v) is 7.35. The Morgan fingerprint density at radius 3 is 2.21 bits per heavy atom. The minimum atomic E-state index is -4.93. The lowest BCUT2D eigenvalue weighted by Crippen LogP contribution is -2.51. The molecule has 0 aliphatic rings. The highest BCUT2D eigenvalue weighted by molar-refractivity contribution is 5.94. The first-order valence-electron chi connectivity index (χ1n) is 7.35. The molecule has 3 nitrogen and oxygen atoms in total. The monoisotopic (exact) mass is 337 g/mol. The van der Waals surface area contributed by atoms with Crippen LogP contribution >= 0.6 is 0 Å². The Hall–Kier alpha value is -2.34. The second-order valence-electron chi connectivity index (χ2n) is 5.71. The van der Waals surface area contributed by atoms with Crippen molar-refractivity contribution < 1.29 is 23.1 Å². The molecule has 0 bridgehead atoms. The molecule has 0 aliphatic carbocycles. The van der Waals surface area contributed by atoms with E-state index in [0.717, 1.165) is 11.1 Å². The molecule has 2 aromatic carbocycles. The predicted octanol–water partition coefficient (Wildman–Crippen LogP) is 3.48. The molecular weight excluding hydrogens is 319 g/mol. The highest BCUT2D eigenvalue weighted by Crippen LogP contribution is 2.38. The average Bonchev–Trinajstić information content (AvgIpc) is 2.54. The molecule has 6 heteroatoms. The third-order valence-electron chi connectivity index (χ3n) is 3.99. The van der Waals surface area contributed by atoms with Crippen LogP contribution in [0.2, 0.25) is 0 Å². The maximum Gasteiger partial charge on any atom is 0.423 e. The summed E-state index contributed by atoms with van der Waals surface area (Å²) in [7, 11) is 0. The molecule has 2 aromatic rings. The van der Waals surface area contributed by atoms with Crippen molar-refractivity contribution in [3.63, 3.8) is 0 Å². The Balaban J connectivity index is 2.22. The van der Waals surface area contributed by atoms with Gasteiger partial charge in [-0.25, -0.2) is 0 Å². The molecule has 0 aromatic heterocycles. The highest BCUT2D eigenvalue weighted by atomic mass is 19.4. The van der Waals surface area contributed by atoms with Gasteiger partial charge in [0.15, 0.2) is 0 Å². The summed E-state index contributed by atoms with van der Waals surface area (Å²) in [5, 5.41) is 12.4. The zero-order valence-electron chi connectivity index (χ0n) is 13.3. The van der Waals surface area contributed by atoms with Crippen molar-refractivity contribution in [2.24, 2.45) is 0 Å². The minimum absolute atomic E-state index is 0.246. The third-order valence-corrected chi connectivity index (χ3v) is 3.99. The number of amides is 1. The maximum atomic E-state index is 13.4. The number of hydrogen-bond acceptors (Lipinski definition) is 2. The predicted molar refractivity (Wildman–Crippen MR) is 84.6 cm³/mol. The van der Waals surface area contributed by atoms with E-state index in [1.165, 1.54) is 30.3 Å². The van der Waals surface area contributed by atoms with Gasteiger partial charge in [-0.05, 0) is 42.7 Å². The van der Waals surface area contributed by atoms with Gasteiger partial charge in [-0.1, -0.05) is 36.4 Å². The van der Waals surface area contributed by atoms with E-state index in [9.17, 15) is 23.1 Å². The van der Waals surface area contributed by atoms with Gasteiger partial charge in [0, 0.05) is 5.56 Å². The lowest BCUT2D eigenvalue weighted by molar-refractivity contribution is -0.263. The van der Waals surface area contributed by atoms with Gasteiger partial charge < -0.3 is 10.4 Å². The topological polar surface area (TPSA) is 49.3 Å². The summed E-state index contributed by atoms with van der Waals surface area (Å²) in [5.41, 5.74) is -1.39. The molecule has 0 fully saturated rings. The number of alkyl halides is 3. The molecule has 128 valence electrons. The smallest absolute Gasteiger partial charge is 0.375 e. The van der Waals surface area contributed by atoms with Gasteiger partial charge in [0.05, 0.1) is 6.54 Å². The van der Waals surface area contributed by atoms with Gasteiger partial charge in [0.1, 0.15) is 0 Å². The number of halogens is 3. The molecule has 1 atom stereocenters. The Morgan fingerprint density at radius 2 is 1.67 bits per heavy atom. The van der Waals surface area contributed by atoms with Crippen LogP contribution < -0.4 is 5.32 Å². The Morgan fingerprint density at radius 1 is 1.04 bits per heavy atom. The fourth-order valence-corrected chi connectivity index (χ4v) is 2.27. The van der Waals surface area contributed by atoms with E-state index in [1.54, 1.807) is 18.2 Å². The van der Waals surface area contributed by atoms with Crippen molar-refractivity contribution in [2.75, 3.05) is 6.54 Å². The largest absolute Gasteiger partial charge is 0.423 e. The van der Waals surface area contributed by atoms with Crippen molar-refractivity contribution >= 4 is 5.91 Å². The summed E-state index contributed by atoms with van der Waals surface area (Å²) in [6, 6.07) is 11.6. The van der Waals surface area contributed by atoms with E-state index in [2.05, 4.69) is 5.32 Å². The van der Waals surface area contributed by atoms with Crippen LogP contribution in [0.5, 0.6) is 0 Å². The van der Waals surface area contributed by atoms with Crippen molar-refractivity contribution in [1.82, 2.24) is 5.32 Å². The van der Waals surface area contributed by atoms with Gasteiger partial charge in [-0.15, -0.1) is 0 Å². The molecule has 1 unspecified atom stereocenters.